The quantitative estimate of drug-likeness (QED) is 0.812. The molecule has 0 spiro atoms. The fourth-order valence-corrected chi connectivity index (χ4v) is 3.88. The SMILES string of the molecule is CC(C)(C)c1nc2c(o1)CCN(C(=O)[C@H]1OCC(=O)N[C@@H]1c1ccccc1Cl)C2. The van der Waals surface area contributed by atoms with E-state index in [2.05, 4.69) is 10.3 Å². The van der Waals surface area contributed by atoms with Crippen LogP contribution < -0.4 is 5.32 Å². The molecular weight excluding hydrogens is 394 g/mol. The third-order valence-corrected chi connectivity index (χ3v) is 5.52. The predicted molar refractivity (Wildman–Crippen MR) is 106 cm³/mol. The number of fused-ring (bicyclic) bond motifs is 1. The Morgan fingerprint density at radius 2 is 2.07 bits per heavy atom. The van der Waals surface area contributed by atoms with E-state index in [9.17, 15) is 9.59 Å². The lowest BCUT2D eigenvalue weighted by molar-refractivity contribution is -0.156. The molecule has 0 aliphatic carbocycles. The largest absolute Gasteiger partial charge is 0.445 e. The van der Waals surface area contributed by atoms with E-state index in [1.54, 1.807) is 23.1 Å². The van der Waals surface area contributed by atoms with Crippen molar-refractivity contribution < 1.29 is 18.7 Å². The first-order valence-electron chi connectivity index (χ1n) is 9.67. The van der Waals surface area contributed by atoms with Gasteiger partial charge < -0.3 is 19.4 Å². The summed E-state index contributed by atoms with van der Waals surface area (Å²) in [6.07, 6.45) is -0.247. The number of halogens is 1. The molecule has 7 nitrogen and oxygen atoms in total. The van der Waals surface area contributed by atoms with E-state index in [1.807, 2.05) is 26.8 Å². The predicted octanol–water partition coefficient (Wildman–Crippen LogP) is 2.77. The molecule has 2 aliphatic heterocycles. The molecule has 2 amide bonds. The van der Waals surface area contributed by atoms with Gasteiger partial charge in [0, 0.05) is 23.4 Å². The first-order chi connectivity index (χ1) is 13.7. The summed E-state index contributed by atoms with van der Waals surface area (Å²) in [4.78, 5) is 31.6. The lowest BCUT2D eigenvalue weighted by atomic mass is 9.97. The highest BCUT2D eigenvalue weighted by molar-refractivity contribution is 6.31. The van der Waals surface area contributed by atoms with Gasteiger partial charge >= 0.3 is 0 Å². The molecule has 1 aromatic heterocycles. The van der Waals surface area contributed by atoms with Crippen molar-refractivity contribution in [3.63, 3.8) is 0 Å². The first-order valence-corrected chi connectivity index (χ1v) is 10.0. The van der Waals surface area contributed by atoms with Crippen molar-refractivity contribution >= 4 is 23.4 Å². The van der Waals surface area contributed by atoms with Gasteiger partial charge in [0.15, 0.2) is 12.0 Å². The maximum Gasteiger partial charge on any atom is 0.254 e. The molecule has 3 heterocycles. The Kier molecular flexibility index (Phi) is 5.12. The molecular formula is C21H24ClN3O4. The first kappa shape index (κ1) is 19.9. The minimum absolute atomic E-state index is 0.158. The zero-order valence-electron chi connectivity index (χ0n) is 16.7. The molecule has 0 bridgehead atoms. The Hall–Kier alpha value is -2.38. The van der Waals surface area contributed by atoms with Crippen molar-refractivity contribution in [1.82, 2.24) is 15.2 Å². The number of carbonyl (C=O) groups excluding carboxylic acids is 2. The van der Waals surface area contributed by atoms with Gasteiger partial charge in [-0.15, -0.1) is 0 Å². The van der Waals surface area contributed by atoms with Crippen molar-refractivity contribution in [1.29, 1.82) is 0 Å². The summed E-state index contributed by atoms with van der Waals surface area (Å²) in [5, 5.41) is 3.34. The van der Waals surface area contributed by atoms with E-state index in [-0.39, 0.29) is 23.8 Å². The van der Waals surface area contributed by atoms with Crippen LogP contribution in [0.25, 0.3) is 0 Å². The second-order valence-electron chi connectivity index (χ2n) is 8.45. The van der Waals surface area contributed by atoms with Gasteiger partial charge in [0.05, 0.1) is 12.6 Å². The fraction of sp³-hybridized carbons (Fsp3) is 0.476. The van der Waals surface area contributed by atoms with Crippen LogP contribution in [0.5, 0.6) is 0 Å². The molecule has 1 saturated heterocycles. The molecule has 2 aliphatic rings. The van der Waals surface area contributed by atoms with Gasteiger partial charge in [0.2, 0.25) is 5.91 Å². The zero-order chi connectivity index (χ0) is 20.8. The van der Waals surface area contributed by atoms with Crippen LogP contribution in [0.2, 0.25) is 5.02 Å². The van der Waals surface area contributed by atoms with E-state index < -0.39 is 12.1 Å². The van der Waals surface area contributed by atoms with Crippen LogP contribution in [-0.4, -0.2) is 41.0 Å². The summed E-state index contributed by atoms with van der Waals surface area (Å²) in [7, 11) is 0. The zero-order valence-corrected chi connectivity index (χ0v) is 17.5. The molecule has 2 aromatic rings. The molecule has 2 atom stereocenters. The number of morpholine rings is 1. The Balaban J connectivity index is 1.57. The molecule has 29 heavy (non-hydrogen) atoms. The van der Waals surface area contributed by atoms with Crippen LogP contribution in [0.15, 0.2) is 28.7 Å². The molecule has 0 unspecified atom stereocenters. The highest BCUT2D eigenvalue weighted by Gasteiger charge is 2.40. The van der Waals surface area contributed by atoms with Gasteiger partial charge in [-0.25, -0.2) is 4.98 Å². The molecule has 1 fully saturated rings. The molecule has 4 rings (SSSR count). The van der Waals surface area contributed by atoms with Gasteiger partial charge in [0.1, 0.15) is 18.1 Å². The Bertz CT molecular complexity index is 950. The fourth-order valence-electron chi connectivity index (χ4n) is 3.62. The number of hydrogen-bond donors (Lipinski definition) is 1. The van der Waals surface area contributed by atoms with E-state index in [1.165, 1.54) is 0 Å². The Morgan fingerprint density at radius 1 is 1.31 bits per heavy atom. The van der Waals surface area contributed by atoms with Gasteiger partial charge in [-0.3, -0.25) is 9.59 Å². The summed E-state index contributed by atoms with van der Waals surface area (Å²) in [6.45, 7) is 6.83. The minimum Gasteiger partial charge on any atom is -0.445 e. The maximum absolute atomic E-state index is 13.3. The molecule has 1 N–H and O–H groups in total. The van der Waals surface area contributed by atoms with Crippen LogP contribution in [0.1, 0.15) is 49.7 Å². The van der Waals surface area contributed by atoms with Gasteiger partial charge in [-0.05, 0) is 11.6 Å². The molecule has 0 saturated carbocycles. The lowest BCUT2D eigenvalue weighted by Crippen LogP contribution is -2.54. The van der Waals surface area contributed by atoms with Crippen molar-refractivity contribution in [3.8, 4) is 0 Å². The molecule has 154 valence electrons. The van der Waals surface area contributed by atoms with Crippen LogP contribution in [0.4, 0.5) is 0 Å². The van der Waals surface area contributed by atoms with Crippen LogP contribution in [-0.2, 0) is 32.7 Å². The van der Waals surface area contributed by atoms with Crippen LogP contribution >= 0.6 is 11.6 Å². The summed E-state index contributed by atoms with van der Waals surface area (Å²) in [5.74, 6) is 1.04. The maximum atomic E-state index is 13.3. The Labute approximate surface area is 174 Å². The number of ether oxygens (including phenoxy) is 1. The number of amides is 2. The third kappa shape index (κ3) is 3.89. The van der Waals surface area contributed by atoms with Crippen molar-refractivity contribution in [2.75, 3.05) is 13.2 Å². The highest BCUT2D eigenvalue weighted by Crippen LogP contribution is 2.32. The number of carbonyl (C=O) groups is 2. The van der Waals surface area contributed by atoms with E-state index in [4.69, 9.17) is 20.8 Å². The topological polar surface area (TPSA) is 84.7 Å². The average molecular weight is 418 g/mol. The second-order valence-corrected chi connectivity index (χ2v) is 8.85. The third-order valence-electron chi connectivity index (χ3n) is 5.18. The smallest absolute Gasteiger partial charge is 0.254 e. The summed E-state index contributed by atoms with van der Waals surface area (Å²) >= 11 is 6.32. The molecule has 0 radical (unpaired) electrons. The Morgan fingerprint density at radius 3 is 2.79 bits per heavy atom. The van der Waals surface area contributed by atoms with Crippen LogP contribution in [0, 0.1) is 0 Å². The average Bonchev–Trinajstić information content (AvgIpc) is 3.12. The lowest BCUT2D eigenvalue weighted by Gasteiger charge is -2.36. The van der Waals surface area contributed by atoms with Crippen molar-refractivity contribution in [2.24, 2.45) is 0 Å². The van der Waals surface area contributed by atoms with E-state index in [0.717, 1.165) is 11.5 Å². The van der Waals surface area contributed by atoms with Gasteiger partial charge in [0.25, 0.3) is 5.91 Å². The van der Waals surface area contributed by atoms with E-state index >= 15 is 0 Å². The number of nitrogens with one attached hydrogen (secondary N) is 1. The molecule has 1 aromatic carbocycles. The minimum atomic E-state index is -0.844. The van der Waals surface area contributed by atoms with Gasteiger partial charge in [-0.2, -0.15) is 0 Å². The number of hydrogen-bond acceptors (Lipinski definition) is 5. The number of aromatic nitrogens is 1. The summed E-state index contributed by atoms with van der Waals surface area (Å²) in [5.41, 5.74) is 1.25. The monoisotopic (exact) mass is 417 g/mol. The highest BCUT2D eigenvalue weighted by atomic mass is 35.5. The van der Waals surface area contributed by atoms with Crippen molar-refractivity contribution in [3.05, 3.63) is 52.2 Å². The number of rotatable bonds is 2. The second kappa shape index (κ2) is 7.46. The number of oxazole rings is 1. The summed E-state index contributed by atoms with van der Waals surface area (Å²) in [6, 6.07) is 6.51. The van der Waals surface area contributed by atoms with Gasteiger partial charge in [-0.1, -0.05) is 50.6 Å². The normalized spacial score (nSPS) is 22.2. The molecule has 8 heteroatoms. The number of nitrogens with zero attached hydrogens (tertiary/aromatic N) is 2. The van der Waals surface area contributed by atoms with E-state index in [0.29, 0.717) is 36.0 Å². The standard InChI is InChI=1S/C21H24ClN3O4/c1-21(2,3)20-23-14-10-25(9-8-15(14)29-20)19(27)18-17(24-16(26)11-28-18)12-6-4-5-7-13(12)22/h4-7,17-18H,8-11H2,1-3H3,(H,24,26)/t17-,18+/m1/s1. The van der Waals surface area contributed by atoms with Crippen LogP contribution in [0.3, 0.4) is 0 Å². The van der Waals surface area contributed by atoms with Crippen molar-refractivity contribution in [2.45, 2.75) is 51.3 Å². The number of benzene rings is 1. The summed E-state index contributed by atoms with van der Waals surface area (Å²) < 4.78 is 11.6.